The second-order valence-electron chi connectivity index (χ2n) is 4.97. The van der Waals surface area contributed by atoms with Gasteiger partial charge in [0.15, 0.2) is 0 Å². The van der Waals surface area contributed by atoms with Gasteiger partial charge in [-0.05, 0) is 44.0 Å². The largest absolute Gasteiger partial charge is 0.339 e. The molecule has 0 bridgehead atoms. The number of nitrogens with zero attached hydrogens (tertiary/aromatic N) is 1. The molecule has 21 heavy (non-hydrogen) atoms. The summed E-state index contributed by atoms with van der Waals surface area (Å²) in [6.45, 7) is 3.25. The first kappa shape index (κ1) is 15.4. The van der Waals surface area contributed by atoms with Gasteiger partial charge >= 0.3 is 0 Å². The van der Waals surface area contributed by atoms with Crippen molar-refractivity contribution in [1.29, 1.82) is 0 Å². The Morgan fingerprint density at radius 1 is 1.29 bits per heavy atom. The van der Waals surface area contributed by atoms with Crippen molar-refractivity contribution in [2.45, 2.75) is 19.8 Å². The molecule has 0 spiro atoms. The standard InChI is InChI=1S/C15H19FN2O3/c1-2-21-17-14(19)11-7-9-18(10-8-11)15(20)12-3-5-13(16)6-4-12/h3-6,11H,2,7-10H2,1H3,(H,17,19). The lowest BCUT2D eigenvalue weighted by molar-refractivity contribution is -0.138. The van der Waals surface area contributed by atoms with Gasteiger partial charge in [-0.1, -0.05) is 0 Å². The number of nitrogens with one attached hydrogen (secondary N) is 1. The van der Waals surface area contributed by atoms with Crippen LogP contribution in [0.3, 0.4) is 0 Å². The number of hydrogen-bond donors (Lipinski definition) is 1. The van der Waals surface area contributed by atoms with E-state index < -0.39 is 0 Å². The second kappa shape index (κ2) is 7.17. The van der Waals surface area contributed by atoms with Crippen molar-refractivity contribution in [3.63, 3.8) is 0 Å². The zero-order chi connectivity index (χ0) is 15.2. The molecule has 0 aliphatic carbocycles. The Morgan fingerprint density at radius 3 is 2.48 bits per heavy atom. The summed E-state index contributed by atoms with van der Waals surface area (Å²) in [5, 5.41) is 0. The van der Waals surface area contributed by atoms with Crippen molar-refractivity contribution >= 4 is 11.8 Å². The van der Waals surface area contributed by atoms with Crippen LogP contribution in [0, 0.1) is 11.7 Å². The Labute approximate surface area is 123 Å². The van der Waals surface area contributed by atoms with Crippen LogP contribution in [0.2, 0.25) is 0 Å². The molecule has 0 aromatic heterocycles. The van der Waals surface area contributed by atoms with Crippen molar-refractivity contribution < 1.29 is 18.8 Å². The van der Waals surface area contributed by atoms with Gasteiger partial charge < -0.3 is 4.90 Å². The zero-order valence-electron chi connectivity index (χ0n) is 12.0. The molecule has 1 N–H and O–H groups in total. The minimum Gasteiger partial charge on any atom is -0.339 e. The van der Waals surface area contributed by atoms with Gasteiger partial charge in [-0.15, -0.1) is 0 Å². The number of halogens is 1. The Kier molecular flexibility index (Phi) is 5.27. The van der Waals surface area contributed by atoms with Gasteiger partial charge in [-0.25, -0.2) is 9.87 Å². The van der Waals surface area contributed by atoms with Gasteiger partial charge in [-0.3, -0.25) is 14.4 Å². The van der Waals surface area contributed by atoms with E-state index in [0.717, 1.165) is 0 Å². The lowest BCUT2D eigenvalue weighted by Crippen LogP contribution is -2.43. The number of hydroxylamine groups is 1. The predicted octanol–water partition coefficient (Wildman–Crippen LogP) is 1.75. The fourth-order valence-electron chi connectivity index (χ4n) is 2.35. The third kappa shape index (κ3) is 4.01. The van der Waals surface area contributed by atoms with Gasteiger partial charge in [0.05, 0.1) is 6.61 Å². The number of hydrogen-bond acceptors (Lipinski definition) is 3. The Morgan fingerprint density at radius 2 is 1.90 bits per heavy atom. The third-order valence-electron chi connectivity index (χ3n) is 3.56. The number of rotatable bonds is 4. The van der Waals surface area contributed by atoms with Crippen LogP contribution in [0.15, 0.2) is 24.3 Å². The summed E-state index contributed by atoms with van der Waals surface area (Å²) in [4.78, 5) is 30.6. The van der Waals surface area contributed by atoms with E-state index in [9.17, 15) is 14.0 Å². The predicted molar refractivity (Wildman–Crippen MR) is 74.8 cm³/mol. The molecule has 1 aliphatic heterocycles. The highest BCUT2D eigenvalue weighted by Crippen LogP contribution is 2.19. The summed E-state index contributed by atoms with van der Waals surface area (Å²) in [5.41, 5.74) is 2.87. The molecule has 1 heterocycles. The lowest BCUT2D eigenvalue weighted by atomic mass is 9.96. The maximum absolute atomic E-state index is 12.9. The molecule has 114 valence electrons. The second-order valence-corrected chi connectivity index (χ2v) is 4.97. The number of carbonyl (C=O) groups is 2. The van der Waals surface area contributed by atoms with Crippen molar-refractivity contribution in [3.05, 3.63) is 35.6 Å². The third-order valence-corrected chi connectivity index (χ3v) is 3.56. The van der Waals surface area contributed by atoms with Crippen molar-refractivity contribution in [3.8, 4) is 0 Å². The van der Waals surface area contributed by atoms with E-state index in [1.165, 1.54) is 24.3 Å². The summed E-state index contributed by atoms with van der Waals surface area (Å²) >= 11 is 0. The summed E-state index contributed by atoms with van der Waals surface area (Å²) in [5.74, 6) is -0.754. The monoisotopic (exact) mass is 294 g/mol. The Balaban J connectivity index is 1.87. The quantitative estimate of drug-likeness (QED) is 0.861. The van der Waals surface area contributed by atoms with Gasteiger partial charge in [-0.2, -0.15) is 0 Å². The summed E-state index contributed by atoms with van der Waals surface area (Å²) in [6.07, 6.45) is 1.21. The van der Waals surface area contributed by atoms with E-state index in [0.29, 0.717) is 38.1 Å². The average molecular weight is 294 g/mol. The van der Waals surface area contributed by atoms with E-state index in [2.05, 4.69) is 5.48 Å². The smallest absolute Gasteiger partial charge is 0.253 e. The molecule has 1 aliphatic rings. The van der Waals surface area contributed by atoms with Gasteiger partial charge in [0.1, 0.15) is 5.82 Å². The molecule has 0 saturated carbocycles. The number of amides is 2. The van der Waals surface area contributed by atoms with E-state index in [4.69, 9.17) is 4.84 Å². The van der Waals surface area contributed by atoms with Crippen LogP contribution in [0.25, 0.3) is 0 Å². The van der Waals surface area contributed by atoms with Crippen LogP contribution in [0.1, 0.15) is 30.1 Å². The number of likely N-dealkylation sites (tertiary alicyclic amines) is 1. The molecule has 1 aromatic rings. The van der Waals surface area contributed by atoms with Crippen molar-refractivity contribution in [2.24, 2.45) is 5.92 Å². The summed E-state index contributed by atoms with van der Waals surface area (Å²) in [6, 6.07) is 5.50. The molecule has 6 heteroatoms. The van der Waals surface area contributed by atoms with Crippen LogP contribution in [0.4, 0.5) is 4.39 Å². The number of carbonyl (C=O) groups excluding carboxylic acids is 2. The highest BCUT2D eigenvalue weighted by atomic mass is 19.1. The molecule has 0 unspecified atom stereocenters. The van der Waals surface area contributed by atoms with Gasteiger partial charge in [0.25, 0.3) is 5.91 Å². The van der Waals surface area contributed by atoms with Crippen LogP contribution in [0.5, 0.6) is 0 Å². The molecular formula is C15H19FN2O3. The zero-order valence-corrected chi connectivity index (χ0v) is 12.0. The van der Waals surface area contributed by atoms with Gasteiger partial charge in [0.2, 0.25) is 5.91 Å². The lowest BCUT2D eigenvalue weighted by Gasteiger charge is -2.31. The summed E-state index contributed by atoms with van der Waals surface area (Å²) in [7, 11) is 0. The van der Waals surface area contributed by atoms with Crippen LogP contribution in [-0.2, 0) is 9.63 Å². The minimum atomic E-state index is -0.363. The minimum absolute atomic E-state index is 0.126. The first-order valence-corrected chi connectivity index (χ1v) is 7.08. The SMILES string of the molecule is CCONC(=O)C1CCN(C(=O)c2ccc(F)cc2)CC1. The van der Waals surface area contributed by atoms with E-state index in [-0.39, 0.29) is 23.5 Å². The van der Waals surface area contributed by atoms with Crippen molar-refractivity contribution in [2.75, 3.05) is 19.7 Å². The Hall–Kier alpha value is -1.95. The average Bonchev–Trinajstić information content (AvgIpc) is 2.53. The van der Waals surface area contributed by atoms with Crippen LogP contribution < -0.4 is 5.48 Å². The molecule has 1 fully saturated rings. The normalized spacial score (nSPS) is 15.8. The number of piperidine rings is 1. The van der Waals surface area contributed by atoms with E-state index in [1.807, 2.05) is 0 Å². The molecule has 1 saturated heterocycles. The first-order valence-electron chi connectivity index (χ1n) is 7.08. The highest BCUT2D eigenvalue weighted by Gasteiger charge is 2.27. The molecule has 1 aromatic carbocycles. The topological polar surface area (TPSA) is 58.6 Å². The molecule has 5 nitrogen and oxygen atoms in total. The molecule has 0 atom stereocenters. The highest BCUT2D eigenvalue weighted by molar-refractivity contribution is 5.94. The summed E-state index contributed by atoms with van der Waals surface area (Å²) < 4.78 is 12.9. The number of benzene rings is 1. The fourth-order valence-corrected chi connectivity index (χ4v) is 2.35. The van der Waals surface area contributed by atoms with Crippen LogP contribution >= 0.6 is 0 Å². The fraction of sp³-hybridized carbons (Fsp3) is 0.467. The maximum Gasteiger partial charge on any atom is 0.253 e. The maximum atomic E-state index is 12.9. The van der Waals surface area contributed by atoms with E-state index >= 15 is 0 Å². The van der Waals surface area contributed by atoms with Crippen molar-refractivity contribution in [1.82, 2.24) is 10.4 Å². The first-order chi connectivity index (χ1) is 10.1. The molecule has 2 amide bonds. The Bertz CT molecular complexity index is 496. The molecular weight excluding hydrogens is 275 g/mol. The molecule has 0 radical (unpaired) electrons. The molecule has 2 rings (SSSR count). The van der Waals surface area contributed by atoms with Crippen LogP contribution in [-0.4, -0.2) is 36.4 Å². The van der Waals surface area contributed by atoms with E-state index in [1.54, 1.807) is 11.8 Å². The van der Waals surface area contributed by atoms with Gasteiger partial charge in [0, 0.05) is 24.6 Å².